The second-order valence-corrected chi connectivity index (χ2v) is 6.54. The Morgan fingerprint density at radius 2 is 1.72 bits per heavy atom. The number of carbonyl (C=O) groups excluding carboxylic acids is 2. The highest BCUT2D eigenvalue weighted by atomic mass is 19.3. The quantitative estimate of drug-likeness (QED) is 0.715. The van der Waals surface area contributed by atoms with Crippen molar-refractivity contribution in [1.29, 1.82) is 0 Å². The molecule has 3 rings (SSSR count). The number of urea groups is 1. The lowest BCUT2D eigenvalue weighted by Gasteiger charge is -2.22. The summed E-state index contributed by atoms with van der Waals surface area (Å²) in [6.45, 7) is -1.43. The van der Waals surface area contributed by atoms with Crippen LogP contribution >= 0.6 is 0 Å². The van der Waals surface area contributed by atoms with Gasteiger partial charge in [-0.3, -0.25) is 9.69 Å². The molecule has 0 saturated carbocycles. The second-order valence-electron chi connectivity index (χ2n) is 6.54. The number of hydrogen-bond donors (Lipinski definition) is 1. The fourth-order valence-electron chi connectivity index (χ4n) is 3.15. The fraction of sp³-hybridized carbons (Fsp3) is 0.300. The minimum Gasteiger partial charge on any atom is -0.497 e. The third kappa shape index (κ3) is 3.94. The van der Waals surface area contributed by atoms with E-state index in [4.69, 9.17) is 9.47 Å². The molecule has 0 aliphatic carbocycles. The number of alkyl halides is 2. The van der Waals surface area contributed by atoms with Gasteiger partial charge in [0.2, 0.25) is 0 Å². The van der Waals surface area contributed by atoms with Crippen molar-refractivity contribution in [3.05, 3.63) is 53.6 Å². The van der Waals surface area contributed by atoms with Gasteiger partial charge in [-0.25, -0.2) is 4.79 Å². The molecular weight excluding hydrogens is 386 g/mol. The zero-order chi connectivity index (χ0) is 21.2. The Hall–Kier alpha value is -3.36. The van der Waals surface area contributed by atoms with Crippen LogP contribution in [0.25, 0.3) is 0 Å². The predicted octanol–water partition coefficient (Wildman–Crippen LogP) is 3.27. The molecule has 0 aromatic heterocycles. The summed E-state index contributed by atoms with van der Waals surface area (Å²) < 4.78 is 39.5. The van der Waals surface area contributed by atoms with E-state index >= 15 is 0 Å². The summed E-state index contributed by atoms with van der Waals surface area (Å²) in [6.07, 6.45) is 0. The topological polar surface area (TPSA) is 77.1 Å². The molecule has 154 valence electrons. The van der Waals surface area contributed by atoms with Crippen molar-refractivity contribution in [2.24, 2.45) is 0 Å². The van der Waals surface area contributed by atoms with E-state index < -0.39 is 24.1 Å². The van der Waals surface area contributed by atoms with E-state index in [-0.39, 0.29) is 18.0 Å². The van der Waals surface area contributed by atoms with Crippen LogP contribution < -0.4 is 19.5 Å². The van der Waals surface area contributed by atoms with E-state index in [0.29, 0.717) is 16.9 Å². The van der Waals surface area contributed by atoms with E-state index in [9.17, 15) is 18.4 Å². The Labute approximate surface area is 166 Å². The van der Waals surface area contributed by atoms with Crippen LogP contribution in [0.2, 0.25) is 0 Å². The molecule has 1 heterocycles. The lowest BCUT2D eigenvalue weighted by atomic mass is 9.92. The Morgan fingerprint density at radius 1 is 1.03 bits per heavy atom. The molecule has 0 unspecified atom stereocenters. The third-order valence-electron chi connectivity index (χ3n) is 4.73. The van der Waals surface area contributed by atoms with E-state index in [0.717, 1.165) is 4.90 Å². The van der Waals surface area contributed by atoms with Gasteiger partial charge < -0.3 is 19.5 Å². The van der Waals surface area contributed by atoms with Crippen LogP contribution in [0.1, 0.15) is 18.1 Å². The van der Waals surface area contributed by atoms with E-state index in [1.807, 2.05) is 0 Å². The van der Waals surface area contributed by atoms with Crippen molar-refractivity contribution in [2.75, 3.05) is 14.2 Å². The highest BCUT2D eigenvalue weighted by Gasteiger charge is 2.48. The first kappa shape index (κ1) is 20.4. The van der Waals surface area contributed by atoms with Gasteiger partial charge in [0.25, 0.3) is 5.91 Å². The van der Waals surface area contributed by atoms with Crippen LogP contribution in [0, 0.1) is 0 Å². The van der Waals surface area contributed by atoms with Crippen molar-refractivity contribution in [1.82, 2.24) is 10.2 Å². The summed E-state index contributed by atoms with van der Waals surface area (Å²) in [5.41, 5.74) is -0.102. The largest absolute Gasteiger partial charge is 0.497 e. The SMILES string of the molecule is COc1ccc([C@]2(C)NC(=O)N(Cc3ccc(OC(F)F)c(OC)c3)C2=O)cc1. The monoisotopic (exact) mass is 406 g/mol. The fourth-order valence-corrected chi connectivity index (χ4v) is 3.15. The molecule has 3 amide bonds. The van der Waals surface area contributed by atoms with Crippen LogP contribution in [-0.2, 0) is 16.9 Å². The molecule has 1 atom stereocenters. The summed E-state index contributed by atoms with van der Waals surface area (Å²) in [4.78, 5) is 26.6. The first-order valence-corrected chi connectivity index (χ1v) is 8.69. The van der Waals surface area contributed by atoms with Crippen LogP contribution in [0.15, 0.2) is 42.5 Å². The molecule has 1 N–H and O–H groups in total. The molecule has 7 nitrogen and oxygen atoms in total. The average molecular weight is 406 g/mol. The Balaban J connectivity index is 1.83. The Morgan fingerprint density at radius 3 is 2.31 bits per heavy atom. The minimum absolute atomic E-state index is 0.0538. The highest BCUT2D eigenvalue weighted by molar-refractivity contribution is 6.07. The number of nitrogens with one attached hydrogen (secondary N) is 1. The highest BCUT2D eigenvalue weighted by Crippen LogP contribution is 2.33. The number of amides is 3. The molecule has 2 aromatic carbocycles. The van der Waals surface area contributed by atoms with Gasteiger partial charge in [-0.1, -0.05) is 18.2 Å². The van der Waals surface area contributed by atoms with Crippen molar-refractivity contribution in [2.45, 2.75) is 25.6 Å². The lowest BCUT2D eigenvalue weighted by molar-refractivity contribution is -0.131. The van der Waals surface area contributed by atoms with Crippen molar-refractivity contribution >= 4 is 11.9 Å². The summed E-state index contributed by atoms with van der Waals surface area (Å²) in [5, 5.41) is 2.71. The first-order valence-electron chi connectivity index (χ1n) is 8.69. The standard InChI is InChI=1S/C20H20F2N2O5/c1-20(13-5-7-14(27-2)8-6-13)17(25)24(19(26)23-20)11-12-4-9-15(29-18(21)22)16(10-12)28-3/h4-10,18H,11H2,1-3H3,(H,23,26)/t20-/m0/s1. The smallest absolute Gasteiger partial charge is 0.387 e. The van der Waals surface area contributed by atoms with Gasteiger partial charge in [-0.05, 0) is 42.3 Å². The van der Waals surface area contributed by atoms with E-state index in [1.54, 1.807) is 31.2 Å². The van der Waals surface area contributed by atoms with Crippen LogP contribution in [0.5, 0.6) is 17.2 Å². The number of hydrogen-bond acceptors (Lipinski definition) is 5. The Bertz CT molecular complexity index is 920. The number of carbonyl (C=O) groups is 2. The number of benzene rings is 2. The third-order valence-corrected chi connectivity index (χ3v) is 4.73. The van der Waals surface area contributed by atoms with E-state index in [1.165, 1.54) is 32.4 Å². The van der Waals surface area contributed by atoms with Crippen LogP contribution in [0.3, 0.4) is 0 Å². The maximum Gasteiger partial charge on any atom is 0.387 e. The zero-order valence-electron chi connectivity index (χ0n) is 16.1. The molecule has 1 fully saturated rings. The van der Waals surface area contributed by atoms with Gasteiger partial charge in [0.05, 0.1) is 20.8 Å². The number of methoxy groups -OCH3 is 2. The van der Waals surface area contributed by atoms with Crippen molar-refractivity contribution in [3.63, 3.8) is 0 Å². The average Bonchev–Trinajstić information content (AvgIpc) is 2.92. The van der Waals surface area contributed by atoms with E-state index in [2.05, 4.69) is 10.1 Å². The molecule has 0 bridgehead atoms. The number of halogens is 2. The molecule has 1 saturated heterocycles. The molecule has 1 aliphatic heterocycles. The van der Waals surface area contributed by atoms with Gasteiger partial charge in [0.1, 0.15) is 11.3 Å². The summed E-state index contributed by atoms with van der Waals surface area (Å²) in [6, 6.07) is 10.5. The second kappa shape index (κ2) is 7.94. The number of imide groups is 1. The summed E-state index contributed by atoms with van der Waals surface area (Å²) in [5.74, 6) is 0.142. The van der Waals surface area contributed by atoms with Crippen LogP contribution in [-0.4, -0.2) is 37.7 Å². The van der Waals surface area contributed by atoms with Crippen LogP contribution in [0.4, 0.5) is 13.6 Å². The summed E-state index contributed by atoms with van der Waals surface area (Å²) >= 11 is 0. The maximum atomic E-state index is 13.0. The van der Waals surface area contributed by atoms with Crippen molar-refractivity contribution in [3.8, 4) is 17.2 Å². The number of nitrogens with zero attached hydrogens (tertiary/aromatic N) is 1. The molecule has 1 aliphatic rings. The maximum absolute atomic E-state index is 13.0. The summed E-state index contributed by atoms with van der Waals surface area (Å²) in [7, 11) is 2.85. The molecule has 29 heavy (non-hydrogen) atoms. The zero-order valence-corrected chi connectivity index (χ0v) is 16.1. The van der Waals surface area contributed by atoms with Gasteiger partial charge >= 0.3 is 12.6 Å². The van der Waals surface area contributed by atoms with Crippen molar-refractivity contribution < 1.29 is 32.6 Å². The minimum atomic E-state index is -2.99. The lowest BCUT2D eigenvalue weighted by Crippen LogP contribution is -2.40. The van der Waals surface area contributed by atoms with Gasteiger partial charge in [-0.2, -0.15) is 8.78 Å². The number of rotatable bonds is 7. The van der Waals surface area contributed by atoms with Gasteiger partial charge in [0, 0.05) is 0 Å². The first-order chi connectivity index (χ1) is 13.8. The Kier molecular flexibility index (Phi) is 5.58. The normalized spacial score (nSPS) is 18.8. The van der Waals surface area contributed by atoms with Gasteiger partial charge in [-0.15, -0.1) is 0 Å². The number of ether oxygens (including phenoxy) is 3. The molecular formula is C20H20F2N2O5. The molecule has 0 spiro atoms. The molecule has 9 heteroatoms. The molecule has 2 aromatic rings. The predicted molar refractivity (Wildman–Crippen MR) is 99.1 cm³/mol. The van der Waals surface area contributed by atoms with Gasteiger partial charge in [0.15, 0.2) is 11.5 Å². The molecule has 0 radical (unpaired) electrons.